The van der Waals surface area contributed by atoms with E-state index in [0.29, 0.717) is 31.9 Å². The highest BCUT2D eigenvalue weighted by molar-refractivity contribution is 5.90. The molecule has 1 aliphatic heterocycles. The van der Waals surface area contributed by atoms with E-state index in [-0.39, 0.29) is 5.91 Å². The van der Waals surface area contributed by atoms with Crippen LogP contribution in [0.1, 0.15) is 6.92 Å². The normalized spacial score (nSPS) is 14.0. The van der Waals surface area contributed by atoms with Gasteiger partial charge in [-0.05, 0) is 30.3 Å². The zero-order valence-electron chi connectivity index (χ0n) is 15.1. The third-order valence-electron chi connectivity index (χ3n) is 4.38. The highest BCUT2D eigenvalue weighted by atomic mass is 19.2. The van der Waals surface area contributed by atoms with Gasteiger partial charge in [0.2, 0.25) is 5.91 Å². The molecule has 0 aromatic heterocycles. The number of urea groups is 1. The van der Waals surface area contributed by atoms with E-state index in [4.69, 9.17) is 0 Å². The summed E-state index contributed by atoms with van der Waals surface area (Å²) in [6.45, 7) is 3.21. The van der Waals surface area contributed by atoms with Gasteiger partial charge in [0, 0.05) is 44.5 Å². The van der Waals surface area contributed by atoms with Crippen LogP contribution in [0.25, 0.3) is 0 Å². The van der Waals surface area contributed by atoms with Gasteiger partial charge >= 0.3 is 6.03 Å². The summed E-state index contributed by atoms with van der Waals surface area (Å²) in [6.07, 6.45) is 0. The standard InChI is InChI=1S/C19H19F3N4O2/c1-12(27)23-13-3-2-4-14(11-13)25-7-9-26(10-8-25)19(28)24-16-6-5-15(20)17(21)18(16)22/h2-6,11H,7-10H2,1H3,(H,23,27)(H,24,28). The van der Waals surface area contributed by atoms with Crippen molar-refractivity contribution in [3.05, 3.63) is 53.8 Å². The van der Waals surface area contributed by atoms with Crippen LogP contribution in [-0.4, -0.2) is 43.0 Å². The molecule has 3 rings (SSSR count). The molecule has 148 valence electrons. The molecule has 0 spiro atoms. The van der Waals surface area contributed by atoms with Crippen LogP contribution in [0, 0.1) is 17.5 Å². The molecule has 0 radical (unpaired) electrons. The molecular formula is C19H19F3N4O2. The first-order chi connectivity index (χ1) is 13.3. The fourth-order valence-electron chi connectivity index (χ4n) is 2.97. The fourth-order valence-corrected chi connectivity index (χ4v) is 2.97. The minimum atomic E-state index is -1.62. The summed E-state index contributed by atoms with van der Waals surface area (Å²) in [7, 11) is 0. The van der Waals surface area contributed by atoms with Gasteiger partial charge in [-0.3, -0.25) is 4.79 Å². The van der Waals surface area contributed by atoms with E-state index in [9.17, 15) is 22.8 Å². The predicted molar refractivity (Wildman–Crippen MR) is 99.9 cm³/mol. The van der Waals surface area contributed by atoms with Crippen molar-refractivity contribution in [2.75, 3.05) is 41.7 Å². The lowest BCUT2D eigenvalue weighted by Crippen LogP contribution is -2.50. The molecule has 6 nitrogen and oxygen atoms in total. The topological polar surface area (TPSA) is 64.7 Å². The number of amides is 3. The zero-order valence-corrected chi connectivity index (χ0v) is 15.1. The average Bonchev–Trinajstić information content (AvgIpc) is 2.68. The Bertz CT molecular complexity index is 899. The van der Waals surface area contributed by atoms with E-state index in [1.165, 1.54) is 11.8 Å². The number of nitrogens with zero attached hydrogens (tertiary/aromatic N) is 2. The second kappa shape index (κ2) is 8.20. The van der Waals surface area contributed by atoms with Crippen molar-refractivity contribution >= 4 is 29.0 Å². The Hall–Kier alpha value is -3.23. The van der Waals surface area contributed by atoms with E-state index >= 15 is 0 Å². The number of anilines is 3. The maximum Gasteiger partial charge on any atom is 0.322 e. The largest absolute Gasteiger partial charge is 0.368 e. The SMILES string of the molecule is CC(=O)Nc1cccc(N2CCN(C(=O)Nc3ccc(F)c(F)c3F)CC2)c1. The highest BCUT2D eigenvalue weighted by Crippen LogP contribution is 2.22. The Morgan fingerprint density at radius 1 is 0.929 bits per heavy atom. The maximum absolute atomic E-state index is 13.7. The van der Waals surface area contributed by atoms with Crippen molar-refractivity contribution in [1.82, 2.24) is 4.90 Å². The number of nitrogens with one attached hydrogen (secondary N) is 2. The van der Waals surface area contributed by atoms with Gasteiger partial charge in [0.25, 0.3) is 0 Å². The molecule has 28 heavy (non-hydrogen) atoms. The third kappa shape index (κ3) is 4.36. The number of carbonyl (C=O) groups is 2. The summed E-state index contributed by atoms with van der Waals surface area (Å²) >= 11 is 0. The summed E-state index contributed by atoms with van der Waals surface area (Å²) < 4.78 is 40.0. The van der Waals surface area contributed by atoms with Crippen LogP contribution in [0.2, 0.25) is 0 Å². The Labute approximate surface area is 159 Å². The molecule has 1 heterocycles. The molecule has 1 saturated heterocycles. The van der Waals surface area contributed by atoms with Crippen molar-refractivity contribution in [3.63, 3.8) is 0 Å². The van der Waals surface area contributed by atoms with Crippen LogP contribution in [0.3, 0.4) is 0 Å². The monoisotopic (exact) mass is 392 g/mol. The molecule has 3 amide bonds. The van der Waals surface area contributed by atoms with E-state index in [2.05, 4.69) is 10.6 Å². The lowest BCUT2D eigenvalue weighted by atomic mass is 10.2. The Morgan fingerprint density at radius 3 is 2.32 bits per heavy atom. The number of halogens is 3. The number of benzene rings is 2. The number of hydrogen-bond donors (Lipinski definition) is 2. The number of carbonyl (C=O) groups excluding carboxylic acids is 2. The van der Waals surface area contributed by atoms with Gasteiger partial charge in [0.05, 0.1) is 5.69 Å². The third-order valence-corrected chi connectivity index (χ3v) is 4.38. The molecule has 0 bridgehead atoms. The summed E-state index contributed by atoms with van der Waals surface area (Å²) in [4.78, 5) is 27.0. The molecule has 2 aromatic carbocycles. The first-order valence-electron chi connectivity index (χ1n) is 8.67. The van der Waals surface area contributed by atoms with Crippen LogP contribution >= 0.6 is 0 Å². The van der Waals surface area contributed by atoms with E-state index in [1.54, 1.807) is 6.07 Å². The summed E-state index contributed by atoms with van der Waals surface area (Å²) in [5, 5.41) is 4.99. The molecular weight excluding hydrogens is 373 g/mol. The number of hydrogen-bond acceptors (Lipinski definition) is 3. The van der Waals surface area contributed by atoms with Gasteiger partial charge in [0.1, 0.15) is 0 Å². The Morgan fingerprint density at radius 2 is 1.64 bits per heavy atom. The number of rotatable bonds is 3. The molecule has 2 N–H and O–H groups in total. The molecule has 9 heteroatoms. The quantitative estimate of drug-likeness (QED) is 0.787. The van der Waals surface area contributed by atoms with Crippen LogP contribution in [0.15, 0.2) is 36.4 Å². The van der Waals surface area contributed by atoms with Gasteiger partial charge in [-0.25, -0.2) is 18.0 Å². The first kappa shape index (κ1) is 19.5. The summed E-state index contributed by atoms with van der Waals surface area (Å²) in [5.74, 6) is -4.53. The molecule has 0 unspecified atom stereocenters. The molecule has 1 aliphatic rings. The molecule has 1 fully saturated rings. The van der Waals surface area contributed by atoms with Crippen LogP contribution in [0.4, 0.5) is 35.0 Å². The zero-order chi connectivity index (χ0) is 20.3. The highest BCUT2D eigenvalue weighted by Gasteiger charge is 2.23. The molecule has 2 aromatic rings. The lowest BCUT2D eigenvalue weighted by molar-refractivity contribution is -0.114. The lowest BCUT2D eigenvalue weighted by Gasteiger charge is -2.36. The summed E-state index contributed by atoms with van der Waals surface area (Å²) in [6, 6.07) is 8.50. The van der Waals surface area contributed by atoms with Gasteiger partial charge in [-0.1, -0.05) is 6.07 Å². The van der Waals surface area contributed by atoms with Crippen LogP contribution in [0.5, 0.6) is 0 Å². The second-order valence-electron chi connectivity index (χ2n) is 6.36. The molecule has 0 saturated carbocycles. The number of piperazine rings is 1. The minimum absolute atomic E-state index is 0.164. The minimum Gasteiger partial charge on any atom is -0.368 e. The van der Waals surface area contributed by atoms with E-state index < -0.39 is 29.2 Å². The Kier molecular flexibility index (Phi) is 5.72. The van der Waals surface area contributed by atoms with Gasteiger partial charge in [-0.15, -0.1) is 0 Å². The van der Waals surface area contributed by atoms with Crippen molar-refractivity contribution in [1.29, 1.82) is 0 Å². The van der Waals surface area contributed by atoms with Crippen LogP contribution < -0.4 is 15.5 Å². The average molecular weight is 392 g/mol. The van der Waals surface area contributed by atoms with E-state index in [1.807, 2.05) is 23.1 Å². The van der Waals surface area contributed by atoms with Gasteiger partial charge in [0.15, 0.2) is 17.5 Å². The fraction of sp³-hybridized carbons (Fsp3) is 0.263. The smallest absolute Gasteiger partial charge is 0.322 e. The van der Waals surface area contributed by atoms with Crippen molar-refractivity contribution in [3.8, 4) is 0 Å². The van der Waals surface area contributed by atoms with Crippen molar-refractivity contribution < 1.29 is 22.8 Å². The van der Waals surface area contributed by atoms with E-state index in [0.717, 1.165) is 17.8 Å². The van der Waals surface area contributed by atoms with Crippen LogP contribution in [-0.2, 0) is 4.79 Å². The first-order valence-corrected chi connectivity index (χ1v) is 8.67. The van der Waals surface area contributed by atoms with Crippen molar-refractivity contribution in [2.45, 2.75) is 6.92 Å². The maximum atomic E-state index is 13.7. The predicted octanol–water partition coefficient (Wildman–Crippen LogP) is 3.42. The van der Waals surface area contributed by atoms with Crippen molar-refractivity contribution in [2.24, 2.45) is 0 Å². The van der Waals surface area contributed by atoms with Gasteiger partial charge in [-0.2, -0.15) is 0 Å². The second-order valence-corrected chi connectivity index (χ2v) is 6.36. The molecule has 0 aliphatic carbocycles. The van der Waals surface area contributed by atoms with Gasteiger partial charge < -0.3 is 20.4 Å². The summed E-state index contributed by atoms with van der Waals surface area (Å²) in [5.41, 5.74) is 1.17. The molecule has 0 atom stereocenters. The Balaban J connectivity index is 1.60.